The molecule has 0 radical (unpaired) electrons. The van der Waals surface area contributed by atoms with Gasteiger partial charge in [-0.3, -0.25) is 4.79 Å². The minimum Gasteiger partial charge on any atom is -0.493 e. The fourth-order valence-corrected chi connectivity index (χ4v) is 4.05. The van der Waals surface area contributed by atoms with Gasteiger partial charge < -0.3 is 20.3 Å². The molecule has 3 heterocycles. The highest BCUT2D eigenvalue weighted by Crippen LogP contribution is 2.28. The molecule has 5 rings (SSSR count). The minimum absolute atomic E-state index is 0.0206. The van der Waals surface area contributed by atoms with Crippen LogP contribution in [0.1, 0.15) is 6.42 Å². The van der Waals surface area contributed by atoms with Gasteiger partial charge in [-0.1, -0.05) is 11.6 Å². The third-order valence-electron chi connectivity index (χ3n) is 5.71. The Morgan fingerprint density at radius 3 is 2.54 bits per heavy atom. The third-order valence-corrected chi connectivity index (χ3v) is 5.96. The number of hydrogen-bond donors (Lipinski definition) is 1. The molecule has 8 nitrogen and oxygen atoms in total. The number of pyridine rings is 1. The number of nitrogen functional groups attached to an aromatic ring is 1. The van der Waals surface area contributed by atoms with E-state index in [0.717, 1.165) is 5.56 Å². The van der Waals surface area contributed by atoms with Crippen LogP contribution in [0.2, 0.25) is 5.02 Å². The van der Waals surface area contributed by atoms with Crippen molar-refractivity contribution in [1.82, 2.24) is 19.9 Å². The van der Waals surface area contributed by atoms with Crippen molar-refractivity contribution in [3.05, 3.63) is 71.5 Å². The molecule has 0 unspecified atom stereocenters. The van der Waals surface area contributed by atoms with Gasteiger partial charge >= 0.3 is 0 Å². The molecule has 0 bridgehead atoms. The highest BCUT2D eigenvalue weighted by atomic mass is 35.5. The van der Waals surface area contributed by atoms with Crippen molar-refractivity contribution in [3.8, 4) is 17.0 Å². The Bertz CT molecular complexity index is 1370. The Morgan fingerprint density at radius 1 is 1.00 bits per heavy atom. The average Bonchev–Trinajstić information content (AvgIpc) is 3.35. The maximum atomic E-state index is 13.3. The molecule has 35 heavy (non-hydrogen) atoms. The summed E-state index contributed by atoms with van der Waals surface area (Å²) in [5.41, 5.74) is 8.57. The summed E-state index contributed by atoms with van der Waals surface area (Å²) >= 11 is 5.88. The first-order chi connectivity index (χ1) is 17.0. The first-order valence-corrected chi connectivity index (χ1v) is 11.5. The molecule has 2 aromatic heterocycles. The highest BCUT2D eigenvalue weighted by Gasteiger charge is 2.27. The molecule has 2 N–H and O–H groups in total. The zero-order chi connectivity index (χ0) is 24.4. The molecule has 1 amide bonds. The Labute approximate surface area is 206 Å². The molecule has 1 saturated heterocycles. The van der Waals surface area contributed by atoms with Gasteiger partial charge in [0.2, 0.25) is 11.9 Å². The fourth-order valence-electron chi connectivity index (χ4n) is 3.93. The summed E-state index contributed by atoms with van der Waals surface area (Å²) in [6, 6.07) is 16.8. The van der Waals surface area contributed by atoms with Gasteiger partial charge in [0.15, 0.2) is 5.82 Å². The normalized spacial score (nSPS) is 13.4. The van der Waals surface area contributed by atoms with Gasteiger partial charge in [-0.05, 0) is 60.7 Å². The number of amides is 1. The fraction of sp³-hybridized carbons (Fsp3) is 0.200. The van der Waals surface area contributed by atoms with E-state index in [2.05, 4.69) is 9.97 Å². The molecule has 0 aliphatic carbocycles. The molecule has 10 heteroatoms. The Hall–Kier alpha value is -3.98. The topological polar surface area (TPSA) is 97.5 Å². The lowest BCUT2D eigenvalue weighted by molar-refractivity contribution is -0.130. The van der Waals surface area contributed by atoms with Crippen LogP contribution in [0.25, 0.3) is 22.3 Å². The molecule has 1 aliphatic heterocycles. The third kappa shape index (κ3) is 5.09. The van der Waals surface area contributed by atoms with E-state index in [1.54, 1.807) is 41.3 Å². The standard InChI is InChI=1S/C25H22ClFN6O2/c26-17-3-7-19(8-4-17)35-14-11-22(34)32-12-13-33(15-32)24-23-21(30-25(28)31-24)10-9-20(29-23)16-1-5-18(27)6-2-16/h1-10H,11-15H2,(H2,28,30,31). The molecular weight excluding hydrogens is 471 g/mol. The molecule has 0 atom stereocenters. The van der Waals surface area contributed by atoms with Crippen LogP contribution >= 0.6 is 11.6 Å². The van der Waals surface area contributed by atoms with Crippen molar-refractivity contribution < 1.29 is 13.9 Å². The van der Waals surface area contributed by atoms with Crippen LogP contribution in [-0.4, -0.2) is 52.1 Å². The van der Waals surface area contributed by atoms with Gasteiger partial charge in [0.05, 0.1) is 30.9 Å². The zero-order valence-corrected chi connectivity index (χ0v) is 19.5. The van der Waals surface area contributed by atoms with Crippen LogP contribution in [0.5, 0.6) is 5.75 Å². The highest BCUT2D eigenvalue weighted by molar-refractivity contribution is 6.30. The van der Waals surface area contributed by atoms with E-state index in [9.17, 15) is 9.18 Å². The summed E-state index contributed by atoms with van der Waals surface area (Å²) in [6.07, 6.45) is 0.246. The number of hydrogen-bond acceptors (Lipinski definition) is 7. The second kappa shape index (κ2) is 9.71. The van der Waals surface area contributed by atoms with E-state index in [4.69, 9.17) is 27.1 Å². The van der Waals surface area contributed by atoms with Gasteiger partial charge in [-0.15, -0.1) is 0 Å². The second-order valence-corrected chi connectivity index (χ2v) is 8.53. The smallest absolute Gasteiger partial charge is 0.227 e. The van der Waals surface area contributed by atoms with Crippen LogP contribution in [0.3, 0.4) is 0 Å². The number of halogens is 2. The minimum atomic E-state index is -0.313. The number of benzene rings is 2. The average molecular weight is 493 g/mol. The van der Waals surface area contributed by atoms with Crippen molar-refractivity contribution in [2.24, 2.45) is 0 Å². The van der Waals surface area contributed by atoms with Crippen molar-refractivity contribution in [3.63, 3.8) is 0 Å². The Morgan fingerprint density at radius 2 is 1.77 bits per heavy atom. The van der Waals surface area contributed by atoms with Crippen LogP contribution in [0.15, 0.2) is 60.7 Å². The number of carbonyl (C=O) groups is 1. The Kier molecular flexibility index (Phi) is 6.33. The summed E-state index contributed by atoms with van der Waals surface area (Å²) in [7, 11) is 0. The van der Waals surface area contributed by atoms with Gasteiger partial charge in [0, 0.05) is 23.7 Å². The molecular formula is C25H22ClFN6O2. The number of anilines is 2. The number of nitrogens with two attached hydrogens (primary N) is 1. The van der Waals surface area contributed by atoms with Gasteiger partial charge in [-0.25, -0.2) is 14.4 Å². The van der Waals surface area contributed by atoms with E-state index < -0.39 is 0 Å². The predicted octanol–water partition coefficient (Wildman–Crippen LogP) is 4.14. The molecule has 1 aliphatic rings. The van der Waals surface area contributed by atoms with Crippen LogP contribution < -0.4 is 15.4 Å². The quantitative estimate of drug-likeness (QED) is 0.432. The molecule has 2 aromatic carbocycles. The van der Waals surface area contributed by atoms with E-state index in [-0.39, 0.29) is 30.7 Å². The maximum absolute atomic E-state index is 13.3. The van der Waals surface area contributed by atoms with Crippen molar-refractivity contribution in [2.45, 2.75) is 6.42 Å². The zero-order valence-electron chi connectivity index (χ0n) is 18.7. The monoisotopic (exact) mass is 492 g/mol. The van der Waals surface area contributed by atoms with Crippen LogP contribution in [0, 0.1) is 5.82 Å². The first kappa shape index (κ1) is 22.8. The van der Waals surface area contributed by atoms with E-state index >= 15 is 0 Å². The number of carbonyl (C=O) groups excluding carboxylic acids is 1. The summed E-state index contributed by atoms with van der Waals surface area (Å²) in [6.45, 7) is 1.75. The van der Waals surface area contributed by atoms with Gasteiger partial charge in [0.25, 0.3) is 0 Å². The summed E-state index contributed by atoms with van der Waals surface area (Å²) in [4.78, 5) is 29.9. The molecule has 0 saturated carbocycles. The molecule has 178 valence electrons. The molecule has 1 fully saturated rings. The van der Waals surface area contributed by atoms with Crippen molar-refractivity contribution >= 4 is 40.3 Å². The number of rotatable bonds is 6. The van der Waals surface area contributed by atoms with Gasteiger partial charge in [-0.2, -0.15) is 4.98 Å². The van der Waals surface area contributed by atoms with Gasteiger partial charge in [0.1, 0.15) is 17.1 Å². The van der Waals surface area contributed by atoms with E-state index in [1.165, 1.54) is 12.1 Å². The first-order valence-electron chi connectivity index (χ1n) is 11.1. The predicted molar refractivity (Wildman–Crippen MR) is 133 cm³/mol. The largest absolute Gasteiger partial charge is 0.493 e. The lowest BCUT2D eigenvalue weighted by Crippen LogP contribution is -2.32. The van der Waals surface area contributed by atoms with Crippen LogP contribution in [-0.2, 0) is 4.79 Å². The maximum Gasteiger partial charge on any atom is 0.227 e. The van der Waals surface area contributed by atoms with Crippen LogP contribution in [0.4, 0.5) is 16.2 Å². The van der Waals surface area contributed by atoms with Crippen molar-refractivity contribution in [2.75, 3.05) is 37.0 Å². The molecule has 0 spiro atoms. The molecule has 4 aromatic rings. The number of ether oxygens (including phenoxy) is 1. The number of aromatic nitrogens is 3. The number of fused-ring (bicyclic) bond motifs is 1. The number of nitrogens with zero attached hydrogens (tertiary/aromatic N) is 5. The SMILES string of the molecule is Nc1nc(N2CCN(C(=O)CCOc3ccc(Cl)cc3)C2)c2nc(-c3ccc(F)cc3)ccc2n1. The summed E-state index contributed by atoms with van der Waals surface area (Å²) in [5.74, 6) is 1.02. The van der Waals surface area contributed by atoms with E-state index in [0.29, 0.717) is 53.1 Å². The van der Waals surface area contributed by atoms with E-state index in [1.807, 2.05) is 17.0 Å². The second-order valence-electron chi connectivity index (χ2n) is 8.09. The van der Waals surface area contributed by atoms with Crippen molar-refractivity contribution in [1.29, 1.82) is 0 Å². The summed E-state index contributed by atoms with van der Waals surface area (Å²) < 4.78 is 19.0. The Balaban J connectivity index is 1.30. The summed E-state index contributed by atoms with van der Waals surface area (Å²) in [5, 5.41) is 0.628. The lowest BCUT2D eigenvalue weighted by atomic mass is 10.1. The lowest BCUT2D eigenvalue weighted by Gasteiger charge is -2.20.